The molecule has 0 rings (SSSR count). The average molecular weight is 950 g/mol. The van der Waals surface area contributed by atoms with Gasteiger partial charge in [-0.2, -0.15) is 0 Å². The summed E-state index contributed by atoms with van der Waals surface area (Å²) in [4.78, 5) is 38.2. The molecular weight excluding hydrogens is 841 g/mol. The van der Waals surface area contributed by atoms with E-state index in [1.165, 1.54) is 128 Å². The Bertz CT molecular complexity index is 1270. The van der Waals surface area contributed by atoms with Crippen LogP contribution in [0.5, 0.6) is 0 Å². The molecule has 0 spiro atoms. The molecular formula is C62H108O6. The minimum absolute atomic E-state index is 0.0878. The van der Waals surface area contributed by atoms with Crippen molar-refractivity contribution in [2.45, 2.75) is 290 Å². The molecule has 0 N–H and O–H groups in total. The molecule has 1 atom stereocenters. The third-order valence-electron chi connectivity index (χ3n) is 12.4. The van der Waals surface area contributed by atoms with Gasteiger partial charge in [-0.25, -0.2) is 0 Å². The van der Waals surface area contributed by atoms with Crippen molar-refractivity contribution in [2.24, 2.45) is 0 Å². The first-order chi connectivity index (χ1) is 33.5. The van der Waals surface area contributed by atoms with E-state index in [0.29, 0.717) is 19.3 Å². The number of hydrogen-bond acceptors (Lipinski definition) is 6. The van der Waals surface area contributed by atoms with Gasteiger partial charge in [-0.3, -0.25) is 14.4 Å². The zero-order valence-electron chi connectivity index (χ0n) is 44.9. The molecule has 0 heterocycles. The number of hydrogen-bond donors (Lipinski definition) is 0. The maximum atomic E-state index is 12.9. The smallest absolute Gasteiger partial charge is 0.306 e. The lowest BCUT2D eigenvalue weighted by Gasteiger charge is -2.18. The Morgan fingerprint density at radius 2 is 0.574 bits per heavy atom. The van der Waals surface area contributed by atoms with Crippen molar-refractivity contribution < 1.29 is 28.6 Å². The van der Waals surface area contributed by atoms with Crippen LogP contribution in [0.25, 0.3) is 0 Å². The molecule has 1 unspecified atom stereocenters. The van der Waals surface area contributed by atoms with Crippen LogP contribution in [-0.2, 0) is 28.6 Å². The molecule has 0 bridgehead atoms. The summed E-state index contributed by atoms with van der Waals surface area (Å²) >= 11 is 0. The van der Waals surface area contributed by atoms with Gasteiger partial charge in [0.1, 0.15) is 13.2 Å². The number of allylic oxidation sites excluding steroid dienone is 12. The van der Waals surface area contributed by atoms with Crippen LogP contribution in [0.3, 0.4) is 0 Å². The summed E-state index contributed by atoms with van der Waals surface area (Å²) in [6, 6.07) is 0. The van der Waals surface area contributed by atoms with E-state index in [0.717, 1.165) is 116 Å². The number of carbonyl (C=O) groups is 3. The molecule has 0 amide bonds. The third kappa shape index (κ3) is 53.8. The molecule has 0 aliphatic carbocycles. The normalized spacial score (nSPS) is 12.6. The van der Waals surface area contributed by atoms with Crippen molar-refractivity contribution >= 4 is 17.9 Å². The second kappa shape index (κ2) is 56.4. The van der Waals surface area contributed by atoms with E-state index in [1.54, 1.807) is 0 Å². The topological polar surface area (TPSA) is 78.9 Å². The van der Waals surface area contributed by atoms with Crippen LogP contribution in [0, 0.1) is 0 Å². The summed E-state index contributed by atoms with van der Waals surface area (Å²) in [5.74, 6) is -0.916. The first kappa shape index (κ1) is 64.8. The molecule has 0 saturated carbocycles. The summed E-state index contributed by atoms with van der Waals surface area (Å²) in [6.07, 6.45) is 71.7. The third-order valence-corrected chi connectivity index (χ3v) is 12.4. The van der Waals surface area contributed by atoms with Gasteiger partial charge in [-0.1, -0.05) is 248 Å². The number of carbonyl (C=O) groups excluding carboxylic acids is 3. The largest absolute Gasteiger partial charge is 0.462 e. The SMILES string of the molecule is CC/C=C\C/C=C\C/C=C\C/C=C\CCCCCCC(=O)OC(COC(=O)CCCCCCC/C=C\C/C=C\CCCCC)COC(=O)CCCCCCCCCCCCCCCCCCCC. The lowest BCUT2D eigenvalue weighted by Crippen LogP contribution is -2.30. The van der Waals surface area contributed by atoms with Gasteiger partial charge < -0.3 is 14.2 Å². The lowest BCUT2D eigenvalue weighted by molar-refractivity contribution is -0.167. The van der Waals surface area contributed by atoms with Crippen LogP contribution >= 0.6 is 0 Å². The number of ether oxygens (including phenoxy) is 3. The highest BCUT2D eigenvalue weighted by Crippen LogP contribution is 2.16. The fraction of sp³-hybridized carbons (Fsp3) is 0.758. The predicted molar refractivity (Wildman–Crippen MR) is 293 cm³/mol. The van der Waals surface area contributed by atoms with E-state index in [1.807, 2.05) is 0 Å². The summed E-state index contributed by atoms with van der Waals surface area (Å²) < 4.78 is 16.9. The van der Waals surface area contributed by atoms with E-state index in [2.05, 4.69) is 93.7 Å². The first-order valence-electron chi connectivity index (χ1n) is 28.9. The van der Waals surface area contributed by atoms with Gasteiger partial charge in [0.05, 0.1) is 0 Å². The molecule has 6 nitrogen and oxygen atoms in total. The standard InChI is InChI=1S/C62H108O6/c1-4-7-10-13-16-19-22-25-28-30-32-34-37-40-43-46-49-52-55-61(64)67-58-59(57-66-60(63)54-51-48-45-42-39-36-33-27-24-21-18-15-12-9-6-3)68-62(65)56-53-50-47-44-41-38-35-31-29-26-23-20-17-14-11-8-5-2/h8,11,17-18,20-21,26-27,29,33,35,38,59H,4-7,9-10,12-16,19,22-25,28,30-32,34,36-37,39-58H2,1-3H3/b11-8-,20-17-,21-18-,29-26-,33-27-,38-35-. The fourth-order valence-electron chi connectivity index (χ4n) is 8.11. The van der Waals surface area contributed by atoms with Crippen LogP contribution < -0.4 is 0 Å². The van der Waals surface area contributed by atoms with E-state index < -0.39 is 6.10 Å². The fourth-order valence-corrected chi connectivity index (χ4v) is 8.11. The zero-order chi connectivity index (χ0) is 49.3. The Balaban J connectivity index is 4.42. The Hall–Kier alpha value is -3.15. The van der Waals surface area contributed by atoms with Gasteiger partial charge in [0.2, 0.25) is 0 Å². The molecule has 0 aromatic rings. The Labute approximate surface area is 421 Å². The molecule has 0 aromatic heterocycles. The van der Waals surface area contributed by atoms with Crippen LogP contribution in [0.15, 0.2) is 72.9 Å². The first-order valence-corrected chi connectivity index (χ1v) is 28.9. The van der Waals surface area contributed by atoms with E-state index >= 15 is 0 Å². The zero-order valence-corrected chi connectivity index (χ0v) is 44.9. The molecule has 0 aliphatic rings. The number of unbranched alkanes of at least 4 members (excludes halogenated alkanes) is 29. The quantitative estimate of drug-likeness (QED) is 0.0262. The maximum absolute atomic E-state index is 12.9. The van der Waals surface area contributed by atoms with Gasteiger partial charge in [0.25, 0.3) is 0 Å². The van der Waals surface area contributed by atoms with Gasteiger partial charge in [-0.05, 0) is 89.9 Å². The van der Waals surface area contributed by atoms with Crippen LogP contribution in [-0.4, -0.2) is 37.2 Å². The number of rotatable bonds is 52. The van der Waals surface area contributed by atoms with Gasteiger partial charge >= 0.3 is 17.9 Å². The predicted octanol–water partition coefficient (Wildman–Crippen LogP) is 19.4. The molecule has 0 radical (unpaired) electrons. The van der Waals surface area contributed by atoms with Crippen molar-refractivity contribution in [3.63, 3.8) is 0 Å². The minimum Gasteiger partial charge on any atom is -0.462 e. The molecule has 6 heteroatoms. The molecule has 0 saturated heterocycles. The second-order valence-corrected chi connectivity index (χ2v) is 19.2. The summed E-state index contributed by atoms with van der Waals surface area (Å²) in [7, 11) is 0. The molecule has 68 heavy (non-hydrogen) atoms. The van der Waals surface area contributed by atoms with Gasteiger partial charge in [0.15, 0.2) is 6.10 Å². The Morgan fingerprint density at radius 1 is 0.309 bits per heavy atom. The maximum Gasteiger partial charge on any atom is 0.306 e. The highest BCUT2D eigenvalue weighted by Gasteiger charge is 2.19. The van der Waals surface area contributed by atoms with Gasteiger partial charge in [-0.15, -0.1) is 0 Å². The van der Waals surface area contributed by atoms with Crippen molar-refractivity contribution in [1.29, 1.82) is 0 Å². The van der Waals surface area contributed by atoms with Crippen molar-refractivity contribution in [2.75, 3.05) is 13.2 Å². The Morgan fingerprint density at radius 3 is 0.926 bits per heavy atom. The van der Waals surface area contributed by atoms with Crippen LogP contribution in [0.1, 0.15) is 284 Å². The summed E-state index contributed by atoms with van der Waals surface area (Å²) in [5.41, 5.74) is 0. The highest BCUT2D eigenvalue weighted by molar-refractivity contribution is 5.71. The molecule has 0 fully saturated rings. The lowest BCUT2D eigenvalue weighted by atomic mass is 10.0. The van der Waals surface area contributed by atoms with E-state index in [9.17, 15) is 14.4 Å². The molecule has 392 valence electrons. The number of esters is 3. The summed E-state index contributed by atoms with van der Waals surface area (Å²) in [5, 5.41) is 0. The molecule has 0 aliphatic heterocycles. The van der Waals surface area contributed by atoms with Crippen molar-refractivity contribution in [1.82, 2.24) is 0 Å². The van der Waals surface area contributed by atoms with E-state index in [4.69, 9.17) is 14.2 Å². The highest BCUT2D eigenvalue weighted by atomic mass is 16.6. The van der Waals surface area contributed by atoms with Crippen molar-refractivity contribution in [3.05, 3.63) is 72.9 Å². The summed E-state index contributed by atoms with van der Waals surface area (Å²) in [6.45, 7) is 6.49. The van der Waals surface area contributed by atoms with E-state index in [-0.39, 0.29) is 31.1 Å². The monoisotopic (exact) mass is 949 g/mol. The van der Waals surface area contributed by atoms with Gasteiger partial charge in [0, 0.05) is 19.3 Å². The average Bonchev–Trinajstić information content (AvgIpc) is 3.34. The van der Waals surface area contributed by atoms with Crippen molar-refractivity contribution in [3.8, 4) is 0 Å². The van der Waals surface area contributed by atoms with Crippen LogP contribution in [0.4, 0.5) is 0 Å². The molecule has 0 aromatic carbocycles. The van der Waals surface area contributed by atoms with Crippen LogP contribution in [0.2, 0.25) is 0 Å². The Kier molecular flexibility index (Phi) is 53.8. The minimum atomic E-state index is -0.793. The second-order valence-electron chi connectivity index (χ2n) is 19.2.